The van der Waals surface area contributed by atoms with Gasteiger partial charge >= 0.3 is 5.13 Å². The van der Waals surface area contributed by atoms with Crippen LogP contribution in [-0.2, 0) is 5.88 Å². The van der Waals surface area contributed by atoms with Gasteiger partial charge < -0.3 is 5.21 Å². The average molecular weight is 276 g/mol. The van der Waals surface area contributed by atoms with E-state index >= 15 is 0 Å². The normalized spacial score (nSPS) is 34.4. The van der Waals surface area contributed by atoms with Crippen molar-refractivity contribution in [2.24, 2.45) is 0 Å². The minimum Gasteiger partial charge on any atom is -0.623 e. The average Bonchev–Trinajstić information content (AvgIpc) is 2.92. The van der Waals surface area contributed by atoms with E-state index in [1.165, 1.54) is 11.3 Å². The number of nitrogens with zero attached hydrogens (tertiary/aromatic N) is 5. The van der Waals surface area contributed by atoms with Gasteiger partial charge in [0.15, 0.2) is 6.17 Å². The highest BCUT2D eigenvalue weighted by Gasteiger charge is 2.48. The number of quaternary nitrogens is 1. The molecule has 94 valence electrons. The lowest BCUT2D eigenvalue weighted by molar-refractivity contribution is 0.233. The molecular weight excluding hydrogens is 262 g/mol. The van der Waals surface area contributed by atoms with Gasteiger partial charge in [0.05, 0.1) is 12.4 Å². The molecule has 2 aliphatic heterocycles. The van der Waals surface area contributed by atoms with Crippen LogP contribution >= 0.6 is 22.9 Å². The number of hydrogen-bond acceptors (Lipinski definition) is 6. The Kier molecular flexibility index (Phi) is 2.85. The van der Waals surface area contributed by atoms with E-state index in [-0.39, 0.29) is 6.17 Å². The fraction of sp³-hybridized carbons (Fsp3) is 0.778. The van der Waals surface area contributed by atoms with Gasteiger partial charge in [-0.1, -0.05) is 5.10 Å². The quantitative estimate of drug-likeness (QED) is 0.350. The second-order valence-electron chi connectivity index (χ2n) is 4.60. The molecule has 0 amide bonds. The molecule has 0 spiro atoms. The largest absolute Gasteiger partial charge is 0.623 e. The molecule has 0 N–H and O–H groups in total. The number of rotatable bonds is 3. The van der Waals surface area contributed by atoms with Crippen LogP contribution < -0.4 is 4.65 Å². The van der Waals surface area contributed by atoms with Gasteiger partial charge in [0.1, 0.15) is 11.7 Å². The summed E-state index contributed by atoms with van der Waals surface area (Å²) in [5.74, 6) is 0.321. The first-order valence-electron chi connectivity index (χ1n) is 5.54. The highest BCUT2D eigenvalue weighted by molar-refractivity contribution is 7.15. The maximum absolute atomic E-state index is 13.0. The Morgan fingerprint density at radius 2 is 2.29 bits per heavy atom. The van der Waals surface area contributed by atoms with Crippen molar-refractivity contribution in [2.45, 2.75) is 12.0 Å². The third kappa shape index (κ3) is 1.96. The van der Waals surface area contributed by atoms with Crippen molar-refractivity contribution in [3.8, 4) is 0 Å². The number of hydroxylamine groups is 2. The second kappa shape index (κ2) is 4.11. The first kappa shape index (κ1) is 11.8. The third-order valence-electron chi connectivity index (χ3n) is 3.21. The van der Waals surface area contributed by atoms with Gasteiger partial charge in [0.25, 0.3) is 0 Å². The topological polar surface area (TPSA) is 55.1 Å². The van der Waals surface area contributed by atoms with Crippen LogP contribution in [0.5, 0.6) is 0 Å². The van der Waals surface area contributed by atoms with E-state index in [0.717, 1.165) is 19.6 Å². The monoisotopic (exact) mass is 275 g/mol. The summed E-state index contributed by atoms with van der Waals surface area (Å²) >= 11 is 7.04. The maximum Gasteiger partial charge on any atom is 0.309 e. The molecule has 0 aliphatic carbocycles. The molecule has 2 atom stereocenters. The van der Waals surface area contributed by atoms with Gasteiger partial charge in [0, 0.05) is 13.1 Å². The fourth-order valence-corrected chi connectivity index (χ4v) is 3.28. The Morgan fingerprint density at radius 3 is 2.88 bits per heavy atom. The van der Waals surface area contributed by atoms with Crippen LogP contribution in [0.25, 0.3) is 0 Å². The van der Waals surface area contributed by atoms with Crippen molar-refractivity contribution in [2.75, 3.05) is 33.4 Å². The van der Waals surface area contributed by atoms with Crippen LogP contribution in [-0.4, -0.2) is 59.5 Å². The maximum atomic E-state index is 13.0. The van der Waals surface area contributed by atoms with Gasteiger partial charge in [-0.25, -0.2) is 4.90 Å². The van der Waals surface area contributed by atoms with E-state index in [4.69, 9.17) is 11.6 Å². The van der Waals surface area contributed by atoms with Crippen LogP contribution in [0.15, 0.2) is 0 Å². The van der Waals surface area contributed by atoms with Crippen molar-refractivity contribution in [1.82, 2.24) is 24.6 Å². The predicted molar refractivity (Wildman–Crippen MR) is 67.5 cm³/mol. The van der Waals surface area contributed by atoms with E-state index in [9.17, 15) is 5.21 Å². The summed E-state index contributed by atoms with van der Waals surface area (Å²) in [6.45, 7) is 3.27. The van der Waals surface area contributed by atoms with Crippen molar-refractivity contribution in [1.29, 1.82) is 0 Å². The molecule has 3 heterocycles. The Labute approximate surface area is 109 Å². The molecule has 2 saturated heterocycles. The Balaban J connectivity index is 1.91. The van der Waals surface area contributed by atoms with E-state index in [0.29, 0.717) is 22.7 Å². The molecule has 0 saturated carbocycles. The van der Waals surface area contributed by atoms with Crippen molar-refractivity contribution in [3.05, 3.63) is 10.2 Å². The standard InChI is InChI=1S/C9H14ClN5OS/c1-13-5-8(14-2-3-14)15(16,6-13)9-12-11-7(4-10)17-9/h8H,2-6H2,1H3. The molecule has 3 rings (SSSR count). The number of aromatic nitrogens is 2. The lowest BCUT2D eigenvalue weighted by atomic mass is 10.4. The fourth-order valence-electron chi connectivity index (χ4n) is 2.30. The van der Waals surface area contributed by atoms with Crippen LogP contribution in [0.2, 0.25) is 0 Å². The first-order valence-corrected chi connectivity index (χ1v) is 6.89. The van der Waals surface area contributed by atoms with Crippen LogP contribution in [0.3, 0.4) is 0 Å². The van der Waals surface area contributed by atoms with Crippen LogP contribution in [0.4, 0.5) is 5.13 Å². The number of likely N-dealkylation sites (N-methyl/N-ethyl adjacent to an activating group) is 1. The zero-order chi connectivity index (χ0) is 12.0. The van der Waals surface area contributed by atoms with Gasteiger partial charge in [-0.2, -0.15) is 0 Å². The van der Waals surface area contributed by atoms with Gasteiger partial charge in [-0.05, 0) is 18.4 Å². The number of halogens is 1. The molecule has 2 aliphatic rings. The molecule has 8 heteroatoms. The van der Waals surface area contributed by atoms with Crippen molar-refractivity contribution in [3.63, 3.8) is 0 Å². The summed E-state index contributed by atoms with van der Waals surface area (Å²) < 4.78 is -0.398. The zero-order valence-corrected chi connectivity index (χ0v) is 11.1. The molecule has 0 bridgehead atoms. The summed E-state index contributed by atoms with van der Waals surface area (Å²) in [5.41, 5.74) is 0. The number of alkyl halides is 1. The van der Waals surface area contributed by atoms with Crippen molar-refractivity contribution >= 4 is 28.1 Å². The lowest BCUT2D eigenvalue weighted by Gasteiger charge is -2.39. The van der Waals surface area contributed by atoms with E-state index in [1.807, 2.05) is 7.05 Å². The molecule has 0 radical (unpaired) electrons. The summed E-state index contributed by atoms with van der Waals surface area (Å²) in [6.07, 6.45) is -0.0314. The van der Waals surface area contributed by atoms with Crippen molar-refractivity contribution < 1.29 is 0 Å². The van der Waals surface area contributed by atoms with Gasteiger partial charge in [-0.3, -0.25) is 9.55 Å². The summed E-state index contributed by atoms with van der Waals surface area (Å²) in [4.78, 5) is 4.25. The smallest absolute Gasteiger partial charge is 0.309 e. The Bertz CT molecular complexity index is 425. The summed E-state index contributed by atoms with van der Waals surface area (Å²) in [6, 6.07) is 0. The number of hydrogen-bond donors (Lipinski definition) is 0. The van der Waals surface area contributed by atoms with E-state index in [2.05, 4.69) is 20.0 Å². The zero-order valence-electron chi connectivity index (χ0n) is 9.54. The van der Waals surface area contributed by atoms with Crippen LogP contribution in [0, 0.1) is 5.21 Å². The lowest BCUT2D eigenvalue weighted by Crippen LogP contribution is -2.52. The van der Waals surface area contributed by atoms with Gasteiger partial charge in [0.2, 0.25) is 0 Å². The second-order valence-corrected chi connectivity index (χ2v) is 5.91. The molecule has 6 nitrogen and oxygen atoms in total. The Hall–Kier alpha value is -0.310. The summed E-state index contributed by atoms with van der Waals surface area (Å²) in [5, 5.41) is 22.2. The highest BCUT2D eigenvalue weighted by Crippen LogP contribution is 2.36. The Morgan fingerprint density at radius 1 is 1.53 bits per heavy atom. The molecule has 2 unspecified atom stereocenters. The van der Waals surface area contributed by atoms with E-state index in [1.54, 1.807) is 0 Å². The highest BCUT2D eigenvalue weighted by atomic mass is 35.5. The minimum absolute atomic E-state index is 0.0314. The van der Waals surface area contributed by atoms with Gasteiger partial charge in [-0.15, -0.1) is 16.7 Å². The summed E-state index contributed by atoms with van der Waals surface area (Å²) in [7, 11) is 1.97. The SMILES string of the molecule is CN1CC(N2CC2)[N+]([O-])(c2nnc(CCl)s2)C1. The first-order chi connectivity index (χ1) is 8.13. The molecule has 17 heavy (non-hydrogen) atoms. The molecule has 1 aromatic heterocycles. The molecule has 2 fully saturated rings. The third-order valence-corrected chi connectivity index (χ3v) is 4.65. The minimum atomic E-state index is -0.398. The van der Waals surface area contributed by atoms with Crippen LogP contribution in [0.1, 0.15) is 5.01 Å². The predicted octanol–water partition coefficient (Wildman–Crippen LogP) is 0.627. The molecule has 1 aromatic rings. The molecular formula is C9H14ClN5OS. The molecule has 0 aromatic carbocycles. The van der Waals surface area contributed by atoms with E-state index < -0.39 is 4.65 Å².